The molecule has 1 unspecified atom stereocenters. The van der Waals surface area contributed by atoms with Crippen LogP contribution in [0, 0.1) is 0 Å². The van der Waals surface area contributed by atoms with E-state index in [4.69, 9.17) is 4.74 Å². The van der Waals surface area contributed by atoms with Crippen LogP contribution in [0.25, 0.3) is 0 Å². The molecule has 0 aliphatic rings. The topological polar surface area (TPSA) is 64.3 Å². The van der Waals surface area contributed by atoms with E-state index in [9.17, 15) is 9.90 Å². The maximum Gasteiger partial charge on any atom is 0.335 e. The molecular formula is C11H18N2O3. The van der Waals surface area contributed by atoms with Crippen molar-refractivity contribution >= 4 is 5.97 Å². The summed E-state index contributed by atoms with van der Waals surface area (Å²) in [5, 5.41) is 13.8. The Balaban J connectivity index is 2.65. The van der Waals surface area contributed by atoms with Crippen LogP contribution in [0.2, 0.25) is 0 Å². The molecule has 1 N–H and O–H groups in total. The zero-order valence-electron chi connectivity index (χ0n) is 9.93. The minimum Gasteiger partial charge on any atom is -0.464 e. The predicted molar refractivity (Wildman–Crippen MR) is 58.9 cm³/mol. The Morgan fingerprint density at radius 1 is 1.62 bits per heavy atom. The van der Waals surface area contributed by atoms with Crippen LogP contribution in [0.15, 0.2) is 6.07 Å². The first-order chi connectivity index (χ1) is 7.58. The fourth-order valence-corrected chi connectivity index (χ4v) is 1.46. The van der Waals surface area contributed by atoms with E-state index in [1.807, 2.05) is 13.0 Å². The van der Waals surface area contributed by atoms with Gasteiger partial charge in [0.15, 0.2) is 6.10 Å². The van der Waals surface area contributed by atoms with Crippen molar-refractivity contribution in [3.05, 3.63) is 17.5 Å². The van der Waals surface area contributed by atoms with Crippen molar-refractivity contribution in [1.82, 2.24) is 9.78 Å². The van der Waals surface area contributed by atoms with Crippen molar-refractivity contribution < 1.29 is 14.6 Å². The van der Waals surface area contributed by atoms with E-state index < -0.39 is 12.1 Å². The molecule has 0 bridgehead atoms. The number of carbonyl (C=O) groups is 1. The van der Waals surface area contributed by atoms with Gasteiger partial charge in [-0.15, -0.1) is 0 Å². The van der Waals surface area contributed by atoms with Crippen LogP contribution in [0.1, 0.15) is 25.2 Å². The molecule has 0 saturated carbocycles. The maximum atomic E-state index is 11.2. The van der Waals surface area contributed by atoms with Gasteiger partial charge in [-0.1, -0.05) is 6.92 Å². The van der Waals surface area contributed by atoms with Crippen molar-refractivity contribution in [2.75, 3.05) is 6.61 Å². The molecule has 0 aliphatic heterocycles. The first kappa shape index (κ1) is 12.7. The molecular weight excluding hydrogens is 208 g/mol. The molecule has 0 saturated heterocycles. The zero-order chi connectivity index (χ0) is 12.1. The van der Waals surface area contributed by atoms with Gasteiger partial charge in [-0.25, -0.2) is 4.79 Å². The number of aryl methyl sites for hydroxylation is 2. The number of aromatic nitrogens is 2. The Morgan fingerprint density at radius 3 is 2.81 bits per heavy atom. The lowest BCUT2D eigenvalue weighted by atomic mass is 10.2. The van der Waals surface area contributed by atoms with Gasteiger partial charge in [0.05, 0.1) is 12.3 Å². The first-order valence-electron chi connectivity index (χ1n) is 5.45. The molecule has 1 heterocycles. The second kappa shape index (κ2) is 5.65. The highest BCUT2D eigenvalue weighted by Gasteiger charge is 2.18. The van der Waals surface area contributed by atoms with Crippen LogP contribution >= 0.6 is 0 Å². The third-order valence-corrected chi connectivity index (χ3v) is 2.35. The molecule has 0 fully saturated rings. The smallest absolute Gasteiger partial charge is 0.335 e. The van der Waals surface area contributed by atoms with E-state index in [0.29, 0.717) is 0 Å². The second-order valence-corrected chi connectivity index (χ2v) is 3.58. The average molecular weight is 226 g/mol. The van der Waals surface area contributed by atoms with Crippen LogP contribution in [-0.2, 0) is 29.4 Å². The highest BCUT2D eigenvalue weighted by atomic mass is 16.5. The predicted octanol–water partition coefficient (Wildman–Crippen LogP) is 0.449. The molecule has 90 valence electrons. The Hall–Kier alpha value is -1.36. The van der Waals surface area contributed by atoms with Gasteiger partial charge in [0.25, 0.3) is 0 Å². The van der Waals surface area contributed by atoms with Crippen molar-refractivity contribution in [2.45, 2.75) is 32.8 Å². The van der Waals surface area contributed by atoms with Crippen LogP contribution < -0.4 is 0 Å². The van der Waals surface area contributed by atoms with E-state index in [1.54, 1.807) is 18.7 Å². The lowest BCUT2D eigenvalue weighted by Gasteiger charge is -2.09. The molecule has 1 atom stereocenters. The zero-order valence-corrected chi connectivity index (χ0v) is 9.93. The van der Waals surface area contributed by atoms with Crippen molar-refractivity contribution in [1.29, 1.82) is 0 Å². The molecule has 16 heavy (non-hydrogen) atoms. The van der Waals surface area contributed by atoms with Crippen molar-refractivity contribution in [2.24, 2.45) is 7.05 Å². The molecule has 1 aromatic rings. The summed E-state index contributed by atoms with van der Waals surface area (Å²) in [7, 11) is 1.80. The van der Waals surface area contributed by atoms with Gasteiger partial charge < -0.3 is 9.84 Å². The molecule has 1 aromatic heterocycles. The standard InChI is InChI=1S/C11H18N2O3/c1-4-8-6-9(13(3)12-8)7-10(14)11(15)16-5-2/h6,10,14H,4-5,7H2,1-3H3. The Morgan fingerprint density at radius 2 is 2.31 bits per heavy atom. The maximum absolute atomic E-state index is 11.2. The van der Waals surface area contributed by atoms with Gasteiger partial charge in [0.2, 0.25) is 0 Å². The molecule has 0 aromatic carbocycles. The number of hydrogen-bond donors (Lipinski definition) is 1. The SMILES string of the molecule is CCOC(=O)C(O)Cc1cc(CC)nn1C. The second-order valence-electron chi connectivity index (χ2n) is 3.58. The number of aliphatic hydroxyl groups excluding tert-OH is 1. The number of ether oxygens (including phenoxy) is 1. The molecule has 0 radical (unpaired) electrons. The molecule has 1 rings (SSSR count). The Labute approximate surface area is 95.0 Å². The highest BCUT2D eigenvalue weighted by Crippen LogP contribution is 2.07. The number of hydrogen-bond acceptors (Lipinski definition) is 4. The minimum absolute atomic E-state index is 0.238. The molecule has 5 heteroatoms. The lowest BCUT2D eigenvalue weighted by molar-refractivity contribution is -0.152. The summed E-state index contributed by atoms with van der Waals surface area (Å²) in [6, 6.07) is 1.89. The van der Waals surface area contributed by atoms with E-state index in [2.05, 4.69) is 5.10 Å². The fourth-order valence-electron chi connectivity index (χ4n) is 1.46. The van der Waals surface area contributed by atoms with Crippen LogP contribution in [-0.4, -0.2) is 33.6 Å². The van der Waals surface area contributed by atoms with Crippen molar-refractivity contribution in [3.8, 4) is 0 Å². The van der Waals surface area contributed by atoms with Gasteiger partial charge in [0.1, 0.15) is 0 Å². The monoisotopic (exact) mass is 226 g/mol. The number of nitrogens with zero attached hydrogens (tertiary/aromatic N) is 2. The normalized spacial score (nSPS) is 12.5. The van der Waals surface area contributed by atoms with Gasteiger partial charge in [0, 0.05) is 19.2 Å². The summed E-state index contributed by atoms with van der Waals surface area (Å²) in [5.41, 5.74) is 1.78. The summed E-state index contributed by atoms with van der Waals surface area (Å²) >= 11 is 0. The molecule has 0 amide bonds. The van der Waals surface area contributed by atoms with Crippen LogP contribution in [0.4, 0.5) is 0 Å². The van der Waals surface area contributed by atoms with Gasteiger partial charge >= 0.3 is 5.97 Å². The van der Waals surface area contributed by atoms with Gasteiger partial charge in [-0.2, -0.15) is 5.10 Å². The van der Waals surface area contributed by atoms with Gasteiger partial charge in [-0.3, -0.25) is 4.68 Å². The Bertz CT molecular complexity index is 360. The van der Waals surface area contributed by atoms with Crippen molar-refractivity contribution in [3.63, 3.8) is 0 Å². The summed E-state index contributed by atoms with van der Waals surface area (Å²) in [6.45, 7) is 4.00. The largest absolute Gasteiger partial charge is 0.464 e. The number of aliphatic hydroxyl groups is 1. The summed E-state index contributed by atoms with van der Waals surface area (Å²) in [4.78, 5) is 11.2. The van der Waals surface area contributed by atoms with Gasteiger partial charge in [-0.05, 0) is 19.4 Å². The third kappa shape index (κ3) is 3.06. The van der Waals surface area contributed by atoms with E-state index in [-0.39, 0.29) is 13.0 Å². The Kier molecular flexibility index (Phi) is 4.49. The molecule has 0 spiro atoms. The lowest BCUT2D eigenvalue weighted by Crippen LogP contribution is -2.26. The number of carbonyl (C=O) groups excluding carboxylic acids is 1. The van der Waals surface area contributed by atoms with E-state index in [0.717, 1.165) is 17.8 Å². The fraction of sp³-hybridized carbons (Fsp3) is 0.636. The molecule has 5 nitrogen and oxygen atoms in total. The average Bonchev–Trinajstić information content (AvgIpc) is 2.60. The number of esters is 1. The first-order valence-corrected chi connectivity index (χ1v) is 5.45. The highest BCUT2D eigenvalue weighted by molar-refractivity contribution is 5.74. The number of rotatable bonds is 5. The summed E-state index contributed by atoms with van der Waals surface area (Å²) in [6.07, 6.45) is -0.0360. The molecule has 0 aliphatic carbocycles. The van der Waals surface area contributed by atoms with Crippen LogP contribution in [0.3, 0.4) is 0 Å². The quantitative estimate of drug-likeness (QED) is 0.740. The van der Waals surface area contributed by atoms with E-state index >= 15 is 0 Å². The van der Waals surface area contributed by atoms with E-state index in [1.165, 1.54) is 0 Å². The summed E-state index contributed by atoms with van der Waals surface area (Å²) < 4.78 is 6.41. The third-order valence-electron chi connectivity index (χ3n) is 2.35. The van der Waals surface area contributed by atoms with Crippen LogP contribution in [0.5, 0.6) is 0 Å². The summed E-state index contributed by atoms with van der Waals surface area (Å²) in [5.74, 6) is -0.582. The minimum atomic E-state index is -1.11.